The number of carbonyl (C=O) groups excluding carboxylic acids is 1. The fraction of sp³-hybridized carbons (Fsp3) is 0.300. The van der Waals surface area contributed by atoms with Crippen molar-refractivity contribution in [3.05, 3.63) is 64.1 Å². The summed E-state index contributed by atoms with van der Waals surface area (Å²) in [5.74, 6) is 1.16. The van der Waals surface area contributed by atoms with Crippen LogP contribution in [0.2, 0.25) is 0 Å². The Bertz CT molecular complexity index is 1100. The quantitative estimate of drug-likeness (QED) is 0.450. The summed E-state index contributed by atoms with van der Waals surface area (Å²) in [5, 5.41) is 19.0. The molecule has 0 bridgehead atoms. The van der Waals surface area contributed by atoms with Crippen molar-refractivity contribution >= 4 is 17.4 Å². The predicted octanol–water partition coefficient (Wildman–Crippen LogP) is 1.85. The van der Waals surface area contributed by atoms with Gasteiger partial charge in [-0.25, -0.2) is 9.67 Å². The Kier molecular flexibility index (Phi) is 5.48. The third kappa shape index (κ3) is 4.02. The van der Waals surface area contributed by atoms with Gasteiger partial charge in [-0.05, 0) is 25.1 Å². The maximum Gasteiger partial charge on any atom is 0.287 e. The molecular formula is C20H21N7O4. The van der Waals surface area contributed by atoms with E-state index in [1.54, 1.807) is 22.8 Å². The molecule has 31 heavy (non-hydrogen) atoms. The molecule has 1 aliphatic rings. The van der Waals surface area contributed by atoms with Crippen molar-refractivity contribution in [2.45, 2.75) is 6.92 Å². The summed E-state index contributed by atoms with van der Waals surface area (Å²) in [4.78, 5) is 31.2. The Hall–Kier alpha value is -4.02. The monoisotopic (exact) mass is 423 g/mol. The minimum Gasteiger partial charge on any atom is -0.497 e. The fourth-order valence-electron chi connectivity index (χ4n) is 3.48. The van der Waals surface area contributed by atoms with Gasteiger partial charge in [-0.15, -0.1) is 5.10 Å². The molecule has 0 N–H and O–H groups in total. The number of carbonyl (C=O) groups is 1. The summed E-state index contributed by atoms with van der Waals surface area (Å²) < 4.78 is 6.87. The molecule has 2 aromatic heterocycles. The topological polar surface area (TPSA) is 120 Å². The maximum absolute atomic E-state index is 13.0. The highest BCUT2D eigenvalue weighted by Gasteiger charge is 2.27. The molecule has 11 nitrogen and oxygen atoms in total. The van der Waals surface area contributed by atoms with Gasteiger partial charge in [0.15, 0.2) is 5.69 Å². The van der Waals surface area contributed by atoms with Crippen LogP contribution in [0.15, 0.2) is 42.6 Å². The van der Waals surface area contributed by atoms with Gasteiger partial charge >= 0.3 is 0 Å². The number of piperazine rings is 1. The van der Waals surface area contributed by atoms with Crippen LogP contribution in [-0.4, -0.2) is 69.0 Å². The molecule has 0 spiro atoms. The van der Waals surface area contributed by atoms with Crippen LogP contribution < -0.4 is 9.64 Å². The van der Waals surface area contributed by atoms with Gasteiger partial charge in [0.2, 0.25) is 0 Å². The summed E-state index contributed by atoms with van der Waals surface area (Å²) >= 11 is 0. The molecule has 3 heterocycles. The van der Waals surface area contributed by atoms with E-state index in [1.165, 1.54) is 12.3 Å². The van der Waals surface area contributed by atoms with E-state index in [4.69, 9.17) is 4.74 Å². The summed E-state index contributed by atoms with van der Waals surface area (Å²) in [6.45, 7) is 3.93. The Morgan fingerprint density at radius 2 is 1.94 bits per heavy atom. The summed E-state index contributed by atoms with van der Waals surface area (Å²) in [6.07, 6.45) is 1.24. The molecule has 4 rings (SSSR count). The van der Waals surface area contributed by atoms with Gasteiger partial charge in [-0.3, -0.25) is 14.9 Å². The lowest BCUT2D eigenvalue weighted by Gasteiger charge is -2.35. The zero-order valence-electron chi connectivity index (χ0n) is 17.1. The second-order valence-electron chi connectivity index (χ2n) is 7.05. The summed E-state index contributed by atoms with van der Waals surface area (Å²) in [5.41, 5.74) is 1.67. The summed E-state index contributed by atoms with van der Waals surface area (Å²) in [7, 11) is 1.59. The molecule has 160 valence electrons. The molecule has 1 aliphatic heterocycles. The fourth-order valence-corrected chi connectivity index (χ4v) is 3.48. The highest BCUT2D eigenvalue weighted by molar-refractivity contribution is 5.93. The largest absolute Gasteiger partial charge is 0.497 e. The van der Waals surface area contributed by atoms with Crippen LogP contribution >= 0.6 is 0 Å². The molecule has 3 aromatic rings. The number of anilines is 1. The van der Waals surface area contributed by atoms with Crippen molar-refractivity contribution in [1.29, 1.82) is 0 Å². The van der Waals surface area contributed by atoms with Gasteiger partial charge in [0, 0.05) is 38.3 Å². The van der Waals surface area contributed by atoms with Gasteiger partial charge in [0.25, 0.3) is 11.6 Å². The van der Waals surface area contributed by atoms with Gasteiger partial charge in [0.05, 0.1) is 23.4 Å². The molecule has 1 fully saturated rings. The lowest BCUT2D eigenvalue weighted by atomic mass is 10.2. The normalized spacial score (nSPS) is 13.9. The van der Waals surface area contributed by atoms with Crippen molar-refractivity contribution in [2.75, 3.05) is 38.2 Å². The first kappa shape index (κ1) is 20.3. The van der Waals surface area contributed by atoms with Crippen LogP contribution in [-0.2, 0) is 0 Å². The molecule has 0 atom stereocenters. The van der Waals surface area contributed by atoms with Crippen LogP contribution in [0, 0.1) is 17.0 Å². The van der Waals surface area contributed by atoms with E-state index in [0.717, 1.165) is 5.69 Å². The molecule has 0 saturated carbocycles. The van der Waals surface area contributed by atoms with E-state index in [0.29, 0.717) is 49.1 Å². The molecule has 0 aliphatic carbocycles. The minimum absolute atomic E-state index is 0.0489. The smallest absolute Gasteiger partial charge is 0.287 e. The Morgan fingerprint density at radius 1 is 1.16 bits per heavy atom. The number of pyridine rings is 1. The highest BCUT2D eigenvalue weighted by Crippen LogP contribution is 2.21. The third-order valence-electron chi connectivity index (χ3n) is 5.23. The second kappa shape index (κ2) is 8.38. The Morgan fingerprint density at radius 3 is 2.58 bits per heavy atom. The predicted molar refractivity (Wildman–Crippen MR) is 112 cm³/mol. The van der Waals surface area contributed by atoms with Crippen molar-refractivity contribution in [3.8, 4) is 11.4 Å². The Balaban J connectivity index is 1.44. The number of nitro groups is 1. The molecule has 1 amide bonds. The van der Waals surface area contributed by atoms with Crippen molar-refractivity contribution in [1.82, 2.24) is 24.9 Å². The average molecular weight is 423 g/mol. The highest BCUT2D eigenvalue weighted by atomic mass is 16.6. The molecule has 0 unspecified atom stereocenters. The van der Waals surface area contributed by atoms with Crippen LogP contribution in [0.5, 0.6) is 5.75 Å². The van der Waals surface area contributed by atoms with Gasteiger partial charge in [-0.1, -0.05) is 11.3 Å². The Labute approximate surface area is 178 Å². The van der Waals surface area contributed by atoms with Crippen LogP contribution in [0.4, 0.5) is 11.5 Å². The second-order valence-corrected chi connectivity index (χ2v) is 7.05. The average Bonchev–Trinajstić information content (AvgIpc) is 3.20. The van der Waals surface area contributed by atoms with Crippen LogP contribution in [0.1, 0.15) is 16.2 Å². The first-order chi connectivity index (χ1) is 15.0. The lowest BCUT2D eigenvalue weighted by Crippen LogP contribution is -2.49. The number of rotatable bonds is 5. The molecule has 0 radical (unpaired) electrons. The van der Waals surface area contributed by atoms with E-state index >= 15 is 0 Å². The number of benzene rings is 1. The van der Waals surface area contributed by atoms with Gasteiger partial charge in [-0.2, -0.15) is 0 Å². The van der Waals surface area contributed by atoms with E-state index in [9.17, 15) is 14.9 Å². The maximum atomic E-state index is 13.0. The van der Waals surface area contributed by atoms with Crippen LogP contribution in [0.3, 0.4) is 0 Å². The van der Waals surface area contributed by atoms with E-state index in [1.807, 2.05) is 36.1 Å². The number of aromatic nitrogens is 4. The summed E-state index contributed by atoms with van der Waals surface area (Å²) in [6, 6.07) is 10.4. The molecule has 1 saturated heterocycles. The van der Waals surface area contributed by atoms with E-state index < -0.39 is 4.92 Å². The standard InChI is InChI=1S/C20H21N7O4/c1-14-19(22-23-26(14)15-4-3-5-17(12-15)31-2)20(28)25-10-8-24(9-11-25)18-7-6-16(13-21-18)27(29)30/h3-7,12-13H,8-11H2,1-2H3. The number of methoxy groups -OCH3 is 1. The zero-order chi connectivity index (χ0) is 22.0. The van der Waals surface area contributed by atoms with E-state index in [2.05, 4.69) is 15.3 Å². The van der Waals surface area contributed by atoms with E-state index in [-0.39, 0.29) is 11.6 Å². The van der Waals surface area contributed by atoms with Crippen molar-refractivity contribution in [2.24, 2.45) is 0 Å². The van der Waals surface area contributed by atoms with Gasteiger partial charge < -0.3 is 14.5 Å². The molecule has 1 aromatic carbocycles. The number of nitrogens with zero attached hydrogens (tertiary/aromatic N) is 7. The minimum atomic E-state index is -0.478. The third-order valence-corrected chi connectivity index (χ3v) is 5.23. The first-order valence-electron chi connectivity index (χ1n) is 9.69. The SMILES string of the molecule is COc1cccc(-n2nnc(C(=O)N3CCN(c4ccc([N+](=O)[O-])cn4)CC3)c2C)c1. The van der Waals surface area contributed by atoms with Crippen LogP contribution in [0.25, 0.3) is 5.69 Å². The molecular weight excluding hydrogens is 402 g/mol. The number of amides is 1. The number of ether oxygens (including phenoxy) is 1. The zero-order valence-corrected chi connectivity index (χ0v) is 17.1. The number of hydrogen-bond acceptors (Lipinski definition) is 8. The molecule has 11 heteroatoms. The number of hydrogen-bond donors (Lipinski definition) is 0. The van der Waals surface area contributed by atoms with Crippen molar-refractivity contribution < 1.29 is 14.5 Å². The van der Waals surface area contributed by atoms with Crippen molar-refractivity contribution in [3.63, 3.8) is 0 Å². The first-order valence-corrected chi connectivity index (χ1v) is 9.69. The van der Waals surface area contributed by atoms with Gasteiger partial charge in [0.1, 0.15) is 17.8 Å². The lowest BCUT2D eigenvalue weighted by molar-refractivity contribution is -0.385.